The largest absolute Gasteiger partial charge is 0.398 e. The van der Waals surface area contributed by atoms with Gasteiger partial charge in [0.05, 0.1) is 17.0 Å². The number of azo groups is 1. The third kappa shape index (κ3) is 4.12. The quantitative estimate of drug-likeness (QED) is 0.393. The van der Waals surface area contributed by atoms with Crippen LogP contribution >= 0.6 is 0 Å². The van der Waals surface area contributed by atoms with E-state index in [4.69, 9.17) is 5.73 Å². The van der Waals surface area contributed by atoms with Gasteiger partial charge in [-0.1, -0.05) is 36.3 Å². The van der Waals surface area contributed by atoms with Crippen molar-refractivity contribution in [1.29, 1.82) is 0 Å². The van der Waals surface area contributed by atoms with E-state index in [1.54, 1.807) is 23.8 Å². The van der Waals surface area contributed by atoms with Crippen molar-refractivity contribution in [2.45, 2.75) is 33.0 Å². The molecule has 3 heterocycles. The van der Waals surface area contributed by atoms with Gasteiger partial charge in [-0.3, -0.25) is 9.36 Å². The summed E-state index contributed by atoms with van der Waals surface area (Å²) in [5.74, 6) is 6.94. The Morgan fingerprint density at radius 3 is 2.64 bits per heavy atom. The fourth-order valence-electron chi connectivity index (χ4n) is 4.36. The third-order valence-corrected chi connectivity index (χ3v) is 5.98. The van der Waals surface area contributed by atoms with Crippen molar-refractivity contribution in [2.24, 2.45) is 15.2 Å². The number of hydrogen-bond acceptors (Lipinski definition) is 7. The molecule has 1 aliphatic heterocycles. The Labute approximate surface area is 208 Å². The Morgan fingerprint density at radius 2 is 1.92 bits per heavy atom. The number of aromatic nitrogens is 2. The van der Waals surface area contributed by atoms with E-state index in [9.17, 15) is 4.79 Å². The van der Waals surface area contributed by atoms with Crippen LogP contribution in [0.5, 0.6) is 0 Å². The first-order valence-electron chi connectivity index (χ1n) is 11.6. The zero-order chi connectivity index (χ0) is 25.2. The number of nitrogens with zero attached hydrogens (tertiary/aromatic N) is 5. The van der Waals surface area contributed by atoms with E-state index in [-0.39, 0.29) is 17.8 Å². The normalized spacial score (nSPS) is 15.3. The number of nitrogens with two attached hydrogens (primary N) is 1. The molecule has 178 valence electrons. The number of anilines is 2. The van der Waals surface area contributed by atoms with Crippen LogP contribution < -0.4 is 16.6 Å². The Bertz CT molecular complexity index is 1640. The first-order valence-corrected chi connectivity index (χ1v) is 11.6. The molecule has 3 N–H and O–H groups in total. The molecule has 1 unspecified atom stereocenters. The number of para-hydroxylation sites is 1. The number of nitrogens with one attached hydrogen (secondary N) is 1. The molecule has 0 spiro atoms. The highest BCUT2D eigenvalue weighted by atomic mass is 16.1. The molecule has 0 bridgehead atoms. The van der Waals surface area contributed by atoms with Crippen molar-refractivity contribution >= 4 is 28.1 Å². The third-order valence-electron chi connectivity index (χ3n) is 5.98. The second kappa shape index (κ2) is 9.47. The molecular formula is C28H25N7O. The van der Waals surface area contributed by atoms with E-state index >= 15 is 0 Å². The fourth-order valence-corrected chi connectivity index (χ4v) is 4.36. The van der Waals surface area contributed by atoms with Crippen LogP contribution in [0.1, 0.15) is 43.6 Å². The molecule has 8 heteroatoms. The van der Waals surface area contributed by atoms with Gasteiger partial charge in [-0.25, -0.2) is 9.98 Å². The van der Waals surface area contributed by atoms with Crippen molar-refractivity contribution in [2.75, 3.05) is 11.1 Å². The molecule has 0 aliphatic carbocycles. The Kier molecular flexibility index (Phi) is 6.05. The number of amidine groups is 1. The first-order chi connectivity index (χ1) is 17.5. The second-order valence-corrected chi connectivity index (χ2v) is 8.48. The Balaban J connectivity index is 1.69. The minimum atomic E-state index is -0.326. The summed E-state index contributed by atoms with van der Waals surface area (Å²) in [6.45, 7) is 5.59. The van der Waals surface area contributed by atoms with E-state index in [2.05, 4.69) is 37.4 Å². The minimum absolute atomic E-state index is 0.135. The van der Waals surface area contributed by atoms with Crippen molar-refractivity contribution in [3.63, 3.8) is 0 Å². The minimum Gasteiger partial charge on any atom is -0.398 e. The number of benzene rings is 2. The van der Waals surface area contributed by atoms with Crippen molar-refractivity contribution in [1.82, 2.24) is 9.55 Å². The first kappa shape index (κ1) is 23.0. The van der Waals surface area contributed by atoms with Gasteiger partial charge in [0, 0.05) is 28.8 Å². The lowest BCUT2D eigenvalue weighted by Crippen LogP contribution is -2.26. The molecule has 0 radical (unpaired) electrons. The van der Waals surface area contributed by atoms with Crippen LogP contribution in [0.3, 0.4) is 0 Å². The highest BCUT2D eigenvalue weighted by molar-refractivity contribution is 6.08. The summed E-state index contributed by atoms with van der Waals surface area (Å²) >= 11 is 0. The zero-order valence-corrected chi connectivity index (χ0v) is 20.2. The molecule has 0 saturated carbocycles. The molecule has 0 fully saturated rings. The van der Waals surface area contributed by atoms with Crippen LogP contribution in [0, 0.1) is 11.8 Å². The lowest BCUT2D eigenvalue weighted by Gasteiger charge is -2.22. The van der Waals surface area contributed by atoms with Gasteiger partial charge in [0.15, 0.2) is 12.0 Å². The van der Waals surface area contributed by atoms with Crippen LogP contribution in [-0.2, 0) is 0 Å². The Morgan fingerprint density at radius 1 is 1.11 bits per heavy atom. The standard InChI is InChI=1S/C28H25N7O/c1-4-9-19-10-8-11-20-16-23(35(28(36)24(19)20)21-12-6-5-7-13-21)17(2)31-26-25(22(29)14-15-30-26)27-32-18(3)33-34-27/h5-8,10-18H,1-3H3,(H3,29,30,31)/t17-,18?/m0/s1. The van der Waals surface area contributed by atoms with Gasteiger partial charge in [0.2, 0.25) is 0 Å². The summed E-state index contributed by atoms with van der Waals surface area (Å²) < 4.78 is 1.72. The number of nitrogen functional groups attached to an aromatic ring is 1. The van der Waals surface area contributed by atoms with Gasteiger partial charge in [-0.05, 0) is 56.5 Å². The van der Waals surface area contributed by atoms with Gasteiger partial charge >= 0.3 is 0 Å². The average Bonchev–Trinajstić information content (AvgIpc) is 3.30. The summed E-state index contributed by atoms with van der Waals surface area (Å²) in [5.41, 5.74) is 9.47. The summed E-state index contributed by atoms with van der Waals surface area (Å²) in [7, 11) is 0. The number of aliphatic imine (C=N–C) groups is 1. The second-order valence-electron chi connectivity index (χ2n) is 8.48. The fraction of sp³-hybridized carbons (Fsp3) is 0.179. The number of hydrogen-bond donors (Lipinski definition) is 2. The van der Waals surface area contributed by atoms with Crippen molar-refractivity contribution < 1.29 is 0 Å². The molecule has 8 nitrogen and oxygen atoms in total. The number of fused-ring (bicyclic) bond motifs is 1. The summed E-state index contributed by atoms with van der Waals surface area (Å²) in [4.78, 5) is 22.9. The SMILES string of the molecule is CC#Cc1cccc2cc([C@H](C)Nc3nccc(N)c3C3=NC(C)N=N3)n(-c3ccccc3)c(=O)c12. The molecule has 2 aromatic heterocycles. The highest BCUT2D eigenvalue weighted by Gasteiger charge is 2.23. The average molecular weight is 476 g/mol. The van der Waals surface area contributed by atoms with Crippen LogP contribution in [0.25, 0.3) is 16.5 Å². The lowest BCUT2D eigenvalue weighted by molar-refractivity contribution is 0.773. The summed E-state index contributed by atoms with van der Waals surface area (Å²) in [6, 6.07) is 18.7. The van der Waals surface area contributed by atoms with Crippen LogP contribution in [0.15, 0.2) is 86.9 Å². The van der Waals surface area contributed by atoms with E-state index in [1.165, 1.54) is 0 Å². The monoisotopic (exact) mass is 475 g/mol. The Hall–Kier alpha value is -4.77. The molecule has 1 aliphatic rings. The lowest BCUT2D eigenvalue weighted by atomic mass is 10.0. The highest BCUT2D eigenvalue weighted by Crippen LogP contribution is 2.29. The molecule has 0 saturated heterocycles. The molecule has 36 heavy (non-hydrogen) atoms. The van der Waals surface area contributed by atoms with Gasteiger partial charge < -0.3 is 11.1 Å². The van der Waals surface area contributed by atoms with Crippen LogP contribution in [0.4, 0.5) is 11.5 Å². The zero-order valence-electron chi connectivity index (χ0n) is 20.2. The van der Waals surface area contributed by atoms with E-state index < -0.39 is 0 Å². The molecular weight excluding hydrogens is 450 g/mol. The topological polar surface area (TPSA) is 110 Å². The molecule has 2 atom stereocenters. The maximum atomic E-state index is 14.0. The smallest absolute Gasteiger partial charge is 0.264 e. The van der Waals surface area contributed by atoms with Gasteiger partial charge in [0.1, 0.15) is 5.82 Å². The van der Waals surface area contributed by atoms with Gasteiger partial charge in [-0.2, -0.15) is 5.11 Å². The maximum absolute atomic E-state index is 14.0. The van der Waals surface area contributed by atoms with E-state index in [0.29, 0.717) is 33.9 Å². The molecule has 0 amide bonds. The predicted octanol–water partition coefficient (Wildman–Crippen LogP) is 5.07. The predicted molar refractivity (Wildman–Crippen MR) is 144 cm³/mol. The number of pyridine rings is 2. The van der Waals surface area contributed by atoms with E-state index in [0.717, 1.165) is 16.8 Å². The van der Waals surface area contributed by atoms with Crippen molar-refractivity contribution in [3.05, 3.63) is 94.0 Å². The van der Waals surface area contributed by atoms with Gasteiger partial charge in [0.25, 0.3) is 5.56 Å². The molecule has 4 aromatic rings. The van der Waals surface area contributed by atoms with Crippen LogP contribution in [0.2, 0.25) is 0 Å². The van der Waals surface area contributed by atoms with E-state index in [1.807, 2.05) is 68.4 Å². The van der Waals surface area contributed by atoms with Crippen LogP contribution in [-0.4, -0.2) is 21.6 Å². The molecule has 2 aromatic carbocycles. The number of rotatable bonds is 5. The molecule has 5 rings (SSSR count). The maximum Gasteiger partial charge on any atom is 0.264 e. The summed E-state index contributed by atoms with van der Waals surface area (Å²) in [5, 5.41) is 13.1. The van der Waals surface area contributed by atoms with Crippen molar-refractivity contribution in [3.8, 4) is 17.5 Å². The summed E-state index contributed by atoms with van der Waals surface area (Å²) in [6.07, 6.45) is 1.36. The van der Waals surface area contributed by atoms with Gasteiger partial charge in [-0.15, -0.1) is 11.0 Å².